The Morgan fingerprint density at radius 2 is 2.11 bits per heavy atom. The Balaban J connectivity index is 2.87. The molecule has 0 aliphatic heterocycles. The highest BCUT2D eigenvalue weighted by Gasteiger charge is 2.22. The minimum atomic E-state index is -1.03. The average Bonchev–Trinajstić information content (AvgIpc) is 2.75. The monoisotopic (exact) mass is 285 g/mol. The van der Waals surface area contributed by atoms with E-state index in [0.717, 1.165) is 0 Å². The van der Waals surface area contributed by atoms with E-state index in [2.05, 4.69) is 4.98 Å². The molecule has 0 bridgehead atoms. The van der Waals surface area contributed by atoms with Gasteiger partial charge in [-0.05, 0) is 12.8 Å². The number of carbonyl (C=O) groups is 2. The number of rotatable bonds is 6. The van der Waals surface area contributed by atoms with Gasteiger partial charge in [-0.1, -0.05) is 13.8 Å². The molecule has 19 heavy (non-hydrogen) atoms. The van der Waals surface area contributed by atoms with Crippen molar-refractivity contribution < 1.29 is 14.7 Å². The molecule has 0 aliphatic rings. The first kappa shape index (κ1) is 15.6. The van der Waals surface area contributed by atoms with E-state index >= 15 is 0 Å². The van der Waals surface area contributed by atoms with Crippen molar-refractivity contribution in [1.29, 1.82) is 0 Å². The Hall–Kier alpha value is -1.47. The Kier molecular flexibility index (Phi) is 5.44. The van der Waals surface area contributed by atoms with Crippen LogP contribution in [0.25, 0.3) is 0 Å². The summed E-state index contributed by atoms with van der Waals surface area (Å²) in [4.78, 5) is 28.5. The number of nitrogens with zero attached hydrogens (tertiary/aromatic N) is 2. The lowest BCUT2D eigenvalue weighted by Gasteiger charge is -2.21. The van der Waals surface area contributed by atoms with Crippen LogP contribution in [0, 0.1) is 5.92 Å². The van der Waals surface area contributed by atoms with Crippen molar-refractivity contribution in [3.05, 3.63) is 16.1 Å². The van der Waals surface area contributed by atoms with Crippen molar-refractivity contribution in [2.75, 3.05) is 13.1 Å². The summed E-state index contributed by atoms with van der Waals surface area (Å²) in [6, 6.07) is -0.232. The second kappa shape index (κ2) is 6.63. The van der Waals surface area contributed by atoms with Gasteiger partial charge >= 0.3 is 5.97 Å². The molecular formula is C12H19N3O3S. The molecule has 0 radical (unpaired) electrons. The van der Waals surface area contributed by atoms with Crippen molar-refractivity contribution in [2.24, 2.45) is 11.7 Å². The van der Waals surface area contributed by atoms with Gasteiger partial charge in [-0.2, -0.15) is 0 Å². The molecular weight excluding hydrogens is 266 g/mol. The number of carboxylic acids is 1. The first-order valence-corrected chi connectivity index (χ1v) is 6.91. The summed E-state index contributed by atoms with van der Waals surface area (Å²) < 4.78 is 0. The van der Waals surface area contributed by atoms with E-state index in [1.54, 1.807) is 12.3 Å². The van der Waals surface area contributed by atoms with Crippen molar-refractivity contribution in [3.8, 4) is 0 Å². The van der Waals surface area contributed by atoms with Crippen molar-refractivity contribution in [2.45, 2.75) is 26.8 Å². The van der Waals surface area contributed by atoms with Crippen molar-refractivity contribution in [1.82, 2.24) is 9.88 Å². The van der Waals surface area contributed by atoms with Crippen molar-refractivity contribution in [3.63, 3.8) is 0 Å². The SMILES string of the molecule is CC(C)CN(CC(=O)O)C(=O)c1csc(C(C)N)n1. The van der Waals surface area contributed by atoms with Gasteiger partial charge < -0.3 is 15.7 Å². The Bertz CT molecular complexity index is 457. The minimum absolute atomic E-state index is 0.190. The van der Waals surface area contributed by atoms with E-state index in [1.807, 2.05) is 13.8 Å². The van der Waals surface area contributed by atoms with Crippen LogP contribution in [-0.4, -0.2) is 40.0 Å². The van der Waals surface area contributed by atoms with E-state index < -0.39 is 5.97 Å². The summed E-state index contributed by atoms with van der Waals surface area (Å²) >= 11 is 1.31. The molecule has 6 nitrogen and oxygen atoms in total. The molecule has 1 amide bonds. The summed E-state index contributed by atoms with van der Waals surface area (Å²) in [5.41, 5.74) is 5.96. The Morgan fingerprint density at radius 1 is 1.47 bits per heavy atom. The zero-order chi connectivity index (χ0) is 14.6. The van der Waals surface area contributed by atoms with Gasteiger partial charge in [0.1, 0.15) is 17.2 Å². The molecule has 0 fully saturated rings. The molecule has 106 valence electrons. The lowest BCUT2D eigenvalue weighted by atomic mass is 10.2. The molecule has 1 aromatic rings. The molecule has 1 atom stereocenters. The smallest absolute Gasteiger partial charge is 0.323 e. The van der Waals surface area contributed by atoms with Crippen LogP contribution in [0.2, 0.25) is 0 Å². The van der Waals surface area contributed by atoms with Crippen LogP contribution in [0.1, 0.15) is 42.3 Å². The fraction of sp³-hybridized carbons (Fsp3) is 0.583. The topological polar surface area (TPSA) is 96.5 Å². The maximum Gasteiger partial charge on any atom is 0.323 e. The van der Waals surface area contributed by atoms with E-state index in [4.69, 9.17) is 10.8 Å². The van der Waals surface area contributed by atoms with Crippen LogP contribution in [-0.2, 0) is 4.79 Å². The minimum Gasteiger partial charge on any atom is -0.480 e. The number of carbonyl (C=O) groups excluding carboxylic acids is 1. The zero-order valence-corrected chi connectivity index (χ0v) is 12.1. The van der Waals surface area contributed by atoms with Gasteiger partial charge in [-0.3, -0.25) is 9.59 Å². The van der Waals surface area contributed by atoms with Gasteiger partial charge in [0.05, 0.1) is 6.04 Å². The van der Waals surface area contributed by atoms with Gasteiger partial charge in [0, 0.05) is 11.9 Å². The second-order valence-electron chi connectivity index (χ2n) is 4.83. The molecule has 1 heterocycles. The number of aliphatic carboxylic acids is 1. The first-order valence-electron chi connectivity index (χ1n) is 6.03. The predicted octanol–water partition coefficient (Wildman–Crippen LogP) is 1.35. The highest BCUT2D eigenvalue weighted by atomic mass is 32.1. The van der Waals surface area contributed by atoms with E-state index in [0.29, 0.717) is 11.6 Å². The number of thiazole rings is 1. The van der Waals surface area contributed by atoms with E-state index in [1.165, 1.54) is 16.2 Å². The van der Waals surface area contributed by atoms with E-state index in [9.17, 15) is 9.59 Å². The molecule has 7 heteroatoms. The Labute approximate surface area is 116 Å². The van der Waals surface area contributed by atoms with Gasteiger partial charge in [-0.15, -0.1) is 11.3 Å². The fourth-order valence-electron chi connectivity index (χ4n) is 1.58. The van der Waals surface area contributed by atoms with Gasteiger partial charge in [-0.25, -0.2) is 4.98 Å². The largest absolute Gasteiger partial charge is 0.480 e. The van der Waals surface area contributed by atoms with Gasteiger partial charge in [0.25, 0.3) is 5.91 Å². The van der Waals surface area contributed by atoms with Crippen LogP contribution in [0.15, 0.2) is 5.38 Å². The number of amides is 1. The summed E-state index contributed by atoms with van der Waals surface area (Å²) in [6.07, 6.45) is 0. The number of carboxylic acid groups (broad SMARTS) is 1. The second-order valence-corrected chi connectivity index (χ2v) is 5.72. The summed E-state index contributed by atoms with van der Waals surface area (Å²) in [5, 5.41) is 11.1. The number of nitrogens with two attached hydrogens (primary N) is 1. The molecule has 3 N–H and O–H groups in total. The van der Waals surface area contributed by atoms with Crippen LogP contribution in [0.4, 0.5) is 0 Å². The summed E-state index contributed by atoms with van der Waals surface area (Å²) in [6.45, 7) is 5.71. The summed E-state index contributed by atoms with van der Waals surface area (Å²) in [5.74, 6) is -1.20. The molecule has 1 aromatic heterocycles. The van der Waals surface area contributed by atoms with Crippen LogP contribution in [0.3, 0.4) is 0 Å². The lowest BCUT2D eigenvalue weighted by molar-refractivity contribution is -0.137. The fourth-order valence-corrected chi connectivity index (χ4v) is 2.33. The number of aromatic nitrogens is 1. The normalized spacial score (nSPS) is 12.5. The summed E-state index contributed by atoms with van der Waals surface area (Å²) in [7, 11) is 0. The molecule has 0 saturated carbocycles. The standard InChI is InChI=1S/C12H19N3O3S/c1-7(2)4-15(5-10(16)17)12(18)9-6-19-11(14-9)8(3)13/h6-8H,4-5,13H2,1-3H3,(H,16,17). The third kappa shape index (κ3) is 4.60. The molecule has 0 aliphatic carbocycles. The van der Waals surface area contributed by atoms with Crippen LogP contribution < -0.4 is 5.73 Å². The zero-order valence-electron chi connectivity index (χ0n) is 11.3. The molecule has 0 saturated heterocycles. The van der Waals surface area contributed by atoms with Gasteiger partial charge in [0.2, 0.25) is 0 Å². The average molecular weight is 285 g/mol. The van der Waals surface area contributed by atoms with Crippen LogP contribution in [0.5, 0.6) is 0 Å². The molecule has 1 rings (SSSR count). The van der Waals surface area contributed by atoms with E-state index in [-0.39, 0.29) is 30.1 Å². The maximum absolute atomic E-state index is 12.2. The number of hydrogen-bond donors (Lipinski definition) is 2. The highest BCUT2D eigenvalue weighted by molar-refractivity contribution is 7.09. The molecule has 0 aromatic carbocycles. The maximum atomic E-state index is 12.2. The first-order chi connectivity index (χ1) is 8.81. The van der Waals surface area contributed by atoms with Gasteiger partial charge in [0.15, 0.2) is 0 Å². The lowest BCUT2D eigenvalue weighted by Crippen LogP contribution is -2.38. The quantitative estimate of drug-likeness (QED) is 0.822. The molecule has 0 spiro atoms. The third-order valence-corrected chi connectivity index (χ3v) is 3.38. The van der Waals surface area contributed by atoms with Crippen LogP contribution >= 0.6 is 11.3 Å². The molecule has 1 unspecified atom stereocenters. The van der Waals surface area contributed by atoms with Crippen molar-refractivity contribution >= 4 is 23.2 Å². The number of hydrogen-bond acceptors (Lipinski definition) is 5. The highest BCUT2D eigenvalue weighted by Crippen LogP contribution is 2.17. The third-order valence-electron chi connectivity index (χ3n) is 2.33. The predicted molar refractivity (Wildman–Crippen MR) is 73.1 cm³/mol. The Morgan fingerprint density at radius 3 is 2.53 bits per heavy atom.